The molecule has 0 saturated carbocycles. The van der Waals surface area contributed by atoms with E-state index >= 15 is 0 Å². The van der Waals surface area contributed by atoms with Crippen molar-refractivity contribution in [1.29, 1.82) is 0 Å². The number of nitrogens with zero attached hydrogens (tertiary/aromatic N) is 1. The largest absolute Gasteiger partial charge is 0.508 e. The molecule has 3 nitrogen and oxygen atoms in total. The average Bonchev–Trinajstić information content (AvgIpc) is 1.82. The molecule has 0 aliphatic heterocycles. The zero-order valence-electron chi connectivity index (χ0n) is 7.57. The second-order valence-electron chi connectivity index (χ2n) is 3.72. The van der Waals surface area contributed by atoms with Gasteiger partial charge < -0.3 is 10.2 Å². The summed E-state index contributed by atoms with van der Waals surface area (Å²) in [7, 11) is 5.90. The average molecular weight is 168 g/mol. The SMILES string of the molecule is C[N+](C)(C)c1cc(O)cc(O)c1. The highest BCUT2D eigenvalue weighted by molar-refractivity contribution is 5.51. The highest BCUT2D eigenvalue weighted by Gasteiger charge is 2.13. The molecule has 0 aromatic heterocycles. The molecule has 1 aromatic rings. The zero-order valence-corrected chi connectivity index (χ0v) is 7.57. The van der Waals surface area contributed by atoms with Crippen molar-refractivity contribution >= 4 is 5.69 Å². The minimum atomic E-state index is 0.0954. The molecule has 0 bridgehead atoms. The molecule has 0 amide bonds. The lowest BCUT2D eigenvalue weighted by molar-refractivity contribution is 0.437. The minimum absolute atomic E-state index is 0.0954. The summed E-state index contributed by atoms with van der Waals surface area (Å²) in [6, 6.07) is 4.60. The van der Waals surface area contributed by atoms with Gasteiger partial charge in [0.05, 0.1) is 21.1 Å². The van der Waals surface area contributed by atoms with Crippen LogP contribution in [0, 0.1) is 0 Å². The van der Waals surface area contributed by atoms with Crippen LogP contribution in [0.25, 0.3) is 0 Å². The van der Waals surface area contributed by atoms with E-state index in [1.54, 1.807) is 12.1 Å². The van der Waals surface area contributed by atoms with Crippen molar-refractivity contribution in [3.05, 3.63) is 18.2 Å². The lowest BCUT2D eigenvalue weighted by atomic mass is 10.2. The highest BCUT2D eigenvalue weighted by atomic mass is 16.3. The van der Waals surface area contributed by atoms with Gasteiger partial charge >= 0.3 is 0 Å². The first-order valence-electron chi connectivity index (χ1n) is 3.74. The van der Waals surface area contributed by atoms with Crippen LogP contribution in [0.4, 0.5) is 5.69 Å². The molecule has 0 saturated heterocycles. The van der Waals surface area contributed by atoms with Gasteiger partial charge in [-0.25, -0.2) is 0 Å². The lowest BCUT2D eigenvalue weighted by Crippen LogP contribution is -2.34. The Morgan fingerprint density at radius 1 is 0.917 bits per heavy atom. The molecule has 0 radical (unpaired) electrons. The Bertz CT molecular complexity index is 269. The molecular formula is C9H14NO2+. The van der Waals surface area contributed by atoms with Crippen molar-refractivity contribution in [1.82, 2.24) is 4.48 Å². The summed E-state index contributed by atoms with van der Waals surface area (Å²) in [6.07, 6.45) is 0. The van der Waals surface area contributed by atoms with Crippen molar-refractivity contribution in [2.75, 3.05) is 21.1 Å². The molecule has 0 atom stereocenters. The molecule has 1 rings (SSSR count). The first kappa shape index (κ1) is 8.87. The van der Waals surface area contributed by atoms with Crippen LogP contribution in [0.2, 0.25) is 0 Å². The molecule has 0 fully saturated rings. The Morgan fingerprint density at radius 2 is 1.33 bits per heavy atom. The molecule has 0 spiro atoms. The molecule has 2 N–H and O–H groups in total. The Labute approximate surface area is 72.1 Å². The van der Waals surface area contributed by atoms with Crippen molar-refractivity contribution in [3.63, 3.8) is 0 Å². The molecule has 66 valence electrons. The van der Waals surface area contributed by atoms with Gasteiger partial charge in [-0.15, -0.1) is 0 Å². The van der Waals surface area contributed by atoms with Crippen LogP contribution in [-0.4, -0.2) is 31.4 Å². The second-order valence-corrected chi connectivity index (χ2v) is 3.72. The van der Waals surface area contributed by atoms with E-state index in [4.69, 9.17) is 0 Å². The quantitative estimate of drug-likeness (QED) is 0.620. The number of hydrogen-bond donors (Lipinski definition) is 2. The van der Waals surface area contributed by atoms with E-state index in [1.807, 2.05) is 21.1 Å². The van der Waals surface area contributed by atoms with E-state index < -0.39 is 0 Å². The van der Waals surface area contributed by atoms with E-state index in [-0.39, 0.29) is 11.5 Å². The highest BCUT2D eigenvalue weighted by Crippen LogP contribution is 2.27. The molecule has 3 heteroatoms. The predicted molar refractivity (Wildman–Crippen MR) is 49.3 cm³/mol. The van der Waals surface area contributed by atoms with Gasteiger partial charge in [-0.05, 0) is 0 Å². The maximum atomic E-state index is 9.19. The molecule has 0 unspecified atom stereocenters. The number of aromatic hydroxyl groups is 2. The predicted octanol–water partition coefficient (Wildman–Crippen LogP) is 1.29. The van der Waals surface area contributed by atoms with Crippen molar-refractivity contribution in [2.45, 2.75) is 0 Å². The van der Waals surface area contributed by atoms with Gasteiger partial charge in [-0.3, -0.25) is 4.48 Å². The fraction of sp³-hybridized carbons (Fsp3) is 0.333. The van der Waals surface area contributed by atoms with E-state index in [0.717, 1.165) is 5.69 Å². The summed E-state index contributed by atoms with van der Waals surface area (Å²) in [5, 5.41) is 18.4. The maximum Gasteiger partial charge on any atom is 0.139 e. The van der Waals surface area contributed by atoms with E-state index in [9.17, 15) is 10.2 Å². The summed E-state index contributed by atoms with van der Waals surface area (Å²) in [5.41, 5.74) is 0.868. The summed E-state index contributed by atoms with van der Waals surface area (Å²) in [4.78, 5) is 0. The van der Waals surface area contributed by atoms with Gasteiger partial charge in [-0.1, -0.05) is 0 Å². The fourth-order valence-corrected chi connectivity index (χ4v) is 0.967. The Kier molecular flexibility index (Phi) is 1.98. The van der Waals surface area contributed by atoms with Gasteiger partial charge in [0.25, 0.3) is 0 Å². The second kappa shape index (κ2) is 2.68. The Balaban J connectivity index is 3.18. The number of rotatable bonds is 1. The molecular weight excluding hydrogens is 154 g/mol. The van der Waals surface area contributed by atoms with Crippen LogP contribution in [0.3, 0.4) is 0 Å². The van der Waals surface area contributed by atoms with Gasteiger partial charge in [0.15, 0.2) is 0 Å². The molecule has 1 aromatic carbocycles. The Hall–Kier alpha value is -1.22. The normalized spacial score (nSPS) is 11.6. The monoisotopic (exact) mass is 168 g/mol. The first-order chi connectivity index (χ1) is 5.39. The molecule has 12 heavy (non-hydrogen) atoms. The first-order valence-corrected chi connectivity index (χ1v) is 3.74. The number of phenolic OH excluding ortho intramolecular Hbond substituents is 2. The van der Waals surface area contributed by atoms with E-state index in [0.29, 0.717) is 4.48 Å². The van der Waals surface area contributed by atoms with Crippen LogP contribution in [0.15, 0.2) is 18.2 Å². The van der Waals surface area contributed by atoms with Gasteiger partial charge in [0.1, 0.15) is 17.2 Å². The standard InChI is InChI=1S/C9H13NO2/c1-10(2,3)7-4-8(11)6-9(12)5-7/h4-6H,1-3H3,(H-,11,12)/p+1. The topological polar surface area (TPSA) is 40.5 Å². The van der Waals surface area contributed by atoms with Crippen molar-refractivity contribution in [2.24, 2.45) is 0 Å². The number of quaternary nitrogens is 1. The third-order valence-electron chi connectivity index (χ3n) is 1.66. The zero-order chi connectivity index (χ0) is 9.35. The summed E-state index contributed by atoms with van der Waals surface area (Å²) in [6.45, 7) is 0. The van der Waals surface area contributed by atoms with Gasteiger partial charge in [0, 0.05) is 18.2 Å². The van der Waals surface area contributed by atoms with Crippen LogP contribution in [0.5, 0.6) is 11.5 Å². The number of hydrogen-bond acceptors (Lipinski definition) is 2. The fourth-order valence-electron chi connectivity index (χ4n) is 0.967. The molecule has 0 aliphatic rings. The van der Waals surface area contributed by atoms with Crippen LogP contribution < -0.4 is 4.48 Å². The third-order valence-corrected chi connectivity index (χ3v) is 1.66. The van der Waals surface area contributed by atoms with Gasteiger partial charge in [0.2, 0.25) is 0 Å². The summed E-state index contributed by atoms with van der Waals surface area (Å²) in [5.74, 6) is 0.191. The van der Waals surface area contributed by atoms with Crippen LogP contribution in [-0.2, 0) is 0 Å². The number of phenols is 2. The third kappa shape index (κ3) is 1.89. The Morgan fingerprint density at radius 3 is 1.67 bits per heavy atom. The summed E-state index contributed by atoms with van der Waals surface area (Å²) >= 11 is 0. The molecule has 0 heterocycles. The smallest absolute Gasteiger partial charge is 0.139 e. The van der Waals surface area contributed by atoms with E-state index in [1.165, 1.54) is 6.07 Å². The molecule has 0 aliphatic carbocycles. The number of benzene rings is 1. The minimum Gasteiger partial charge on any atom is -0.508 e. The van der Waals surface area contributed by atoms with Crippen LogP contribution >= 0.6 is 0 Å². The van der Waals surface area contributed by atoms with Crippen LogP contribution in [0.1, 0.15) is 0 Å². The van der Waals surface area contributed by atoms with E-state index in [2.05, 4.69) is 0 Å². The lowest BCUT2D eigenvalue weighted by Gasteiger charge is -2.23. The van der Waals surface area contributed by atoms with Crippen molar-refractivity contribution < 1.29 is 10.2 Å². The van der Waals surface area contributed by atoms with Gasteiger partial charge in [-0.2, -0.15) is 0 Å². The summed E-state index contributed by atoms with van der Waals surface area (Å²) < 4.78 is 0.571. The van der Waals surface area contributed by atoms with Crippen molar-refractivity contribution in [3.8, 4) is 11.5 Å². The maximum absolute atomic E-state index is 9.19.